The largest absolute Gasteiger partial charge is 0.333 e. The number of nitrogens with zero attached hydrogens (tertiary/aromatic N) is 3. The quantitative estimate of drug-likeness (QED) is 0.473. The first-order valence-electron chi connectivity index (χ1n) is 7.01. The SMILES string of the molecule is Cc1ccc2nc(SCc3nc4ccc(Br)cn4c3Cl)[nH]c2c1. The summed E-state index contributed by atoms with van der Waals surface area (Å²) in [6.45, 7) is 2.07. The van der Waals surface area contributed by atoms with E-state index in [0.717, 1.165) is 32.0 Å². The second-order valence-corrected chi connectivity index (χ2v) is 7.51. The molecule has 0 aliphatic heterocycles. The van der Waals surface area contributed by atoms with Crippen LogP contribution in [0.25, 0.3) is 16.7 Å². The summed E-state index contributed by atoms with van der Waals surface area (Å²) >= 11 is 11.5. The summed E-state index contributed by atoms with van der Waals surface area (Å²) in [5.74, 6) is 0.664. The Morgan fingerprint density at radius 2 is 2.13 bits per heavy atom. The molecule has 0 radical (unpaired) electrons. The molecule has 0 spiro atoms. The Labute approximate surface area is 150 Å². The van der Waals surface area contributed by atoms with Gasteiger partial charge in [0.05, 0.1) is 16.7 Å². The summed E-state index contributed by atoms with van der Waals surface area (Å²) in [6.07, 6.45) is 1.92. The number of benzene rings is 1. The Balaban J connectivity index is 1.61. The normalized spacial score (nSPS) is 11.6. The molecule has 0 saturated carbocycles. The third kappa shape index (κ3) is 2.86. The average Bonchev–Trinajstić information content (AvgIpc) is 3.06. The molecule has 23 heavy (non-hydrogen) atoms. The molecular formula is C16H12BrClN4S. The maximum atomic E-state index is 6.43. The molecule has 0 fully saturated rings. The fraction of sp³-hybridized carbons (Fsp3) is 0.125. The standard InChI is InChI=1S/C16H12BrClN4S/c1-9-2-4-11-12(6-9)21-16(20-11)23-8-13-15(18)22-7-10(17)3-5-14(22)19-13/h2-7H,8H2,1H3,(H,20,21). The smallest absolute Gasteiger partial charge is 0.166 e. The van der Waals surface area contributed by atoms with E-state index < -0.39 is 0 Å². The van der Waals surface area contributed by atoms with Crippen LogP contribution in [0.2, 0.25) is 5.15 Å². The van der Waals surface area contributed by atoms with Crippen LogP contribution in [0, 0.1) is 6.92 Å². The maximum absolute atomic E-state index is 6.43. The number of H-pyrrole nitrogens is 1. The summed E-state index contributed by atoms with van der Waals surface area (Å²) in [4.78, 5) is 12.5. The van der Waals surface area contributed by atoms with E-state index in [2.05, 4.69) is 49.9 Å². The van der Waals surface area contributed by atoms with Gasteiger partial charge in [-0.05, 0) is 52.7 Å². The molecule has 0 saturated heterocycles. The van der Waals surface area contributed by atoms with Crippen LogP contribution in [-0.4, -0.2) is 19.4 Å². The van der Waals surface area contributed by atoms with Gasteiger partial charge in [-0.2, -0.15) is 0 Å². The summed E-state index contributed by atoms with van der Waals surface area (Å²) in [7, 11) is 0. The van der Waals surface area contributed by atoms with Crippen molar-refractivity contribution in [2.75, 3.05) is 0 Å². The number of fused-ring (bicyclic) bond motifs is 2. The van der Waals surface area contributed by atoms with Crippen molar-refractivity contribution >= 4 is 56.0 Å². The molecule has 116 valence electrons. The lowest BCUT2D eigenvalue weighted by atomic mass is 10.2. The lowest BCUT2D eigenvalue weighted by molar-refractivity contribution is 1.07. The molecule has 4 rings (SSSR count). The van der Waals surface area contributed by atoms with E-state index in [1.54, 1.807) is 11.8 Å². The number of pyridine rings is 1. The van der Waals surface area contributed by atoms with Gasteiger partial charge in [0.15, 0.2) is 5.16 Å². The molecular weight excluding hydrogens is 396 g/mol. The van der Waals surface area contributed by atoms with Crippen molar-refractivity contribution in [3.8, 4) is 0 Å². The third-order valence-electron chi connectivity index (χ3n) is 3.55. The van der Waals surface area contributed by atoms with E-state index in [1.165, 1.54) is 5.56 Å². The van der Waals surface area contributed by atoms with E-state index >= 15 is 0 Å². The molecule has 0 amide bonds. The summed E-state index contributed by atoms with van der Waals surface area (Å²) in [5.41, 5.74) is 4.94. The minimum absolute atomic E-state index is 0.640. The van der Waals surface area contributed by atoms with Crippen LogP contribution in [-0.2, 0) is 5.75 Å². The second kappa shape index (κ2) is 5.85. The van der Waals surface area contributed by atoms with Gasteiger partial charge in [0.1, 0.15) is 10.8 Å². The van der Waals surface area contributed by atoms with Crippen molar-refractivity contribution in [3.05, 3.63) is 57.4 Å². The monoisotopic (exact) mass is 406 g/mol. The molecule has 0 aliphatic rings. The number of hydrogen-bond acceptors (Lipinski definition) is 3. The zero-order valence-corrected chi connectivity index (χ0v) is 15.3. The Morgan fingerprint density at radius 1 is 1.26 bits per heavy atom. The second-order valence-electron chi connectivity index (χ2n) is 5.28. The van der Waals surface area contributed by atoms with Crippen molar-refractivity contribution in [3.63, 3.8) is 0 Å². The number of hydrogen-bond donors (Lipinski definition) is 1. The highest BCUT2D eigenvalue weighted by atomic mass is 79.9. The van der Waals surface area contributed by atoms with E-state index in [1.807, 2.05) is 28.8 Å². The van der Waals surface area contributed by atoms with Crippen molar-refractivity contribution in [2.45, 2.75) is 17.8 Å². The van der Waals surface area contributed by atoms with E-state index in [-0.39, 0.29) is 0 Å². The fourth-order valence-corrected chi connectivity index (χ4v) is 3.92. The number of aromatic amines is 1. The van der Waals surface area contributed by atoms with Crippen LogP contribution in [0.4, 0.5) is 0 Å². The first-order chi connectivity index (χ1) is 11.1. The summed E-state index contributed by atoms with van der Waals surface area (Å²) in [6, 6.07) is 10.1. The highest BCUT2D eigenvalue weighted by molar-refractivity contribution is 9.10. The van der Waals surface area contributed by atoms with Crippen LogP contribution < -0.4 is 0 Å². The van der Waals surface area contributed by atoms with Gasteiger partial charge in [-0.25, -0.2) is 9.97 Å². The molecule has 4 aromatic rings. The number of imidazole rings is 2. The predicted octanol–water partition coefficient (Wildman–Crippen LogP) is 5.23. The third-order valence-corrected chi connectivity index (χ3v) is 5.31. The molecule has 3 aromatic heterocycles. The minimum atomic E-state index is 0.640. The number of aromatic nitrogens is 4. The first-order valence-corrected chi connectivity index (χ1v) is 9.17. The molecule has 0 unspecified atom stereocenters. The maximum Gasteiger partial charge on any atom is 0.166 e. The fourth-order valence-electron chi connectivity index (χ4n) is 2.44. The van der Waals surface area contributed by atoms with Crippen molar-refractivity contribution < 1.29 is 0 Å². The predicted molar refractivity (Wildman–Crippen MR) is 98.3 cm³/mol. The summed E-state index contributed by atoms with van der Waals surface area (Å²) < 4.78 is 2.85. The van der Waals surface area contributed by atoms with Gasteiger partial charge >= 0.3 is 0 Å². The number of halogens is 2. The lowest BCUT2D eigenvalue weighted by Gasteiger charge is -1.96. The van der Waals surface area contributed by atoms with Gasteiger partial charge in [-0.15, -0.1) is 0 Å². The molecule has 0 atom stereocenters. The van der Waals surface area contributed by atoms with E-state index in [4.69, 9.17) is 11.6 Å². The molecule has 0 bridgehead atoms. The van der Waals surface area contributed by atoms with Crippen LogP contribution in [0.1, 0.15) is 11.3 Å². The number of rotatable bonds is 3. The van der Waals surface area contributed by atoms with E-state index in [0.29, 0.717) is 10.9 Å². The van der Waals surface area contributed by atoms with Crippen molar-refractivity contribution in [1.29, 1.82) is 0 Å². The highest BCUT2D eigenvalue weighted by Crippen LogP contribution is 2.28. The highest BCUT2D eigenvalue weighted by Gasteiger charge is 2.12. The van der Waals surface area contributed by atoms with E-state index in [9.17, 15) is 0 Å². The molecule has 7 heteroatoms. The Hall–Kier alpha value is -1.50. The lowest BCUT2D eigenvalue weighted by Crippen LogP contribution is -1.85. The Morgan fingerprint density at radius 3 is 3.00 bits per heavy atom. The van der Waals surface area contributed by atoms with Gasteiger partial charge in [-0.1, -0.05) is 29.4 Å². The number of aryl methyl sites for hydroxylation is 1. The average molecular weight is 408 g/mol. The molecule has 4 nitrogen and oxygen atoms in total. The van der Waals surface area contributed by atoms with Crippen LogP contribution in [0.15, 0.2) is 46.2 Å². The Kier molecular flexibility index (Phi) is 3.83. The summed E-state index contributed by atoms with van der Waals surface area (Å²) in [5, 5.41) is 1.51. The first kappa shape index (κ1) is 15.1. The topological polar surface area (TPSA) is 46.0 Å². The van der Waals surface area contributed by atoms with Crippen LogP contribution in [0.5, 0.6) is 0 Å². The van der Waals surface area contributed by atoms with Gasteiger partial charge in [0.25, 0.3) is 0 Å². The van der Waals surface area contributed by atoms with Gasteiger partial charge in [0.2, 0.25) is 0 Å². The van der Waals surface area contributed by atoms with Crippen molar-refractivity contribution in [1.82, 2.24) is 19.4 Å². The van der Waals surface area contributed by atoms with Gasteiger partial charge < -0.3 is 4.98 Å². The number of nitrogens with one attached hydrogen (secondary N) is 1. The zero-order valence-electron chi connectivity index (χ0n) is 12.2. The molecule has 3 heterocycles. The zero-order chi connectivity index (χ0) is 16.0. The van der Waals surface area contributed by atoms with Gasteiger partial charge in [0, 0.05) is 16.4 Å². The van der Waals surface area contributed by atoms with Gasteiger partial charge in [-0.3, -0.25) is 4.40 Å². The minimum Gasteiger partial charge on any atom is -0.333 e. The van der Waals surface area contributed by atoms with Crippen LogP contribution >= 0.6 is 39.3 Å². The molecule has 1 aromatic carbocycles. The molecule has 1 N–H and O–H groups in total. The number of thioether (sulfide) groups is 1. The Bertz CT molecular complexity index is 1020. The van der Waals surface area contributed by atoms with Crippen molar-refractivity contribution in [2.24, 2.45) is 0 Å². The van der Waals surface area contributed by atoms with Crippen LogP contribution in [0.3, 0.4) is 0 Å². The molecule has 0 aliphatic carbocycles.